The summed E-state index contributed by atoms with van der Waals surface area (Å²) < 4.78 is 0. The lowest BCUT2D eigenvalue weighted by molar-refractivity contribution is -0.126. The van der Waals surface area contributed by atoms with Crippen LogP contribution in [0.4, 0.5) is 4.79 Å². The summed E-state index contributed by atoms with van der Waals surface area (Å²) in [7, 11) is 0. The Morgan fingerprint density at radius 1 is 1.22 bits per heavy atom. The topological polar surface area (TPSA) is 87.3 Å². The molecule has 0 spiro atoms. The zero-order chi connectivity index (χ0) is 16.4. The van der Waals surface area contributed by atoms with E-state index in [0.717, 1.165) is 24.8 Å². The lowest BCUT2D eigenvalue weighted by Gasteiger charge is -2.43. The number of amides is 4. The highest BCUT2D eigenvalue weighted by atomic mass is 35.5. The molecule has 1 heterocycles. The van der Waals surface area contributed by atoms with Crippen molar-refractivity contribution in [2.75, 3.05) is 0 Å². The van der Waals surface area contributed by atoms with Gasteiger partial charge in [0.1, 0.15) is 6.04 Å². The number of urea groups is 1. The monoisotopic (exact) mass is 335 g/mol. The van der Waals surface area contributed by atoms with Crippen LogP contribution >= 0.6 is 11.6 Å². The largest absolute Gasteiger partial charge is 0.345 e. The molecule has 1 saturated heterocycles. The molecule has 6 nitrogen and oxygen atoms in total. The van der Waals surface area contributed by atoms with Crippen molar-refractivity contribution >= 4 is 29.4 Å². The molecule has 1 aliphatic heterocycles. The van der Waals surface area contributed by atoms with Gasteiger partial charge in [0.25, 0.3) is 0 Å². The molecule has 1 aromatic carbocycles. The Bertz CT molecular complexity index is 640. The van der Waals surface area contributed by atoms with Crippen LogP contribution in [0.2, 0.25) is 5.02 Å². The molecule has 1 unspecified atom stereocenters. The van der Waals surface area contributed by atoms with Crippen molar-refractivity contribution in [2.24, 2.45) is 0 Å². The predicted molar refractivity (Wildman–Crippen MR) is 84.8 cm³/mol. The summed E-state index contributed by atoms with van der Waals surface area (Å²) in [5.74, 6) is -0.627. The average Bonchev–Trinajstić information content (AvgIpc) is 2.64. The second-order valence-corrected chi connectivity index (χ2v) is 6.48. The minimum atomic E-state index is -0.703. The summed E-state index contributed by atoms with van der Waals surface area (Å²) in [6.07, 6.45) is 3.15. The molecule has 4 amide bonds. The van der Waals surface area contributed by atoms with E-state index in [0.29, 0.717) is 11.4 Å². The van der Waals surface area contributed by atoms with Crippen molar-refractivity contribution in [1.82, 2.24) is 16.0 Å². The highest BCUT2D eigenvalue weighted by Crippen LogP contribution is 2.41. The van der Waals surface area contributed by atoms with E-state index < -0.39 is 17.6 Å². The van der Waals surface area contributed by atoms with Crippen LogP contribution in [-0.2, 0) is 15.1 Å². The van der Waals surface area contributed by atoms with Crippen LogP contribution in [0, 0.1) is 0 Å². The molecule has 1 saturated carbocycles. The third kappa shape index (κ3) is 3.32. The van der Waals surface area contributed by atoms with Crippen LogP contribution in [0.5, 0.6) is 0 Å². The molecular formula is C16H18ClN3O3. The average molecular weight is 336 g/mol. The number of hydrogen-bond acceptors (Lipinski definition) is 3. The van der Waals surface area contributed by atoms with Crippen LogP contribution < -0.4 is 16.0 Å². The maximum atomic E-state index is 12.6. The molecule has 7 heteroatoms. The van der Waals surface area contributed by atoms with Crippen molar-refractivity contribution in [3.05, 3.63) is 34.9 Å². The van der Waals surface area contributed by atoms with Gasteiger partial charge >= 0.3 is 6.03 Å². The quantitative estimate of drug-likeness (QED) is 0.787. The molecule has 2 fully saturated rings. The molecule has 3 N–H and O–H groups in total. The number of halogens is 1. The van der Waals surface area contributed by atoms with E-state index in [9.17, 15) is 14.4 Å². The Morgan fingerprint density at radius 2 is 1.91 bits per heavy atom. The van der Waals surface area contributed by atoms with Crippen molar-refractivity contribution in [1.29, 1.82) is 0 Å². The summed E-state index contributed by atoms with van der Waals surface area (Å²) in [6.45, 7) is 0. The molecule has 1 aliphatic carbocycles. The number of benzene rings is 1. The van der Waals surface area contributed by atoms with Crippen LogP contribution in [0.1, 0.15) is 37.7 Å². The number of imide groups is 1. The van der Waals surface area contributed by atoms with Crippen LogP contribution in [0.15, 0.2) is 24.3 Å². The van der Waals surface area contributed by atoms with E-state index in [2.05, 4.69) is 16.0 Å². The highest BCUT2D eigenvalue weighted by molar-refractivity contribution is 6.30. The minimum Gasteiger partial charge on any atom is -0.345 e. The number of nitrogens with one attached hydrogen (secondary N) is 3. The normalized spacial score (nSPS) is 23.1. The summed E-state index contributed by atoms with van der Waals surface area (Å²) in [4.78, 5) is 35.4. The van der Waals surface area contributed by atoms with Gasteiger partial charge < -0.3 is 10.6 Å². The van der Waals surface area contributed by atoms with Crippen LogP contribution in [0.3, 0.4) is 0 Å². The number of carbonyl (C=O) groups is 3. The van der Waals surface area contributed by atoms with E-state index in [1.54, 1.807) is 12.1 Å². The van der Waals surface area contributed by atoms with Gasteiger partial charge in [-0.3, -0.25) is 14.9 Å². The maximum absolute atomic E-state index is 12.6. The van der Waals surface area contributed by atoms with Crippen LogP contribution in [0.25, 0.3) is 0 Å². The first-order chi connectivity index (χ1) is 11.0. The Labute approximate surface area is 139 Å². The zero-order valence-electron chi connectivity index (χ0n) is 12.5. The summed E-state index contributed by atoms with van der Waals surface area (Å²) in [6, 6.07) is 6.11. The van der Waals surface area contributed by atoms with Gasteiger partial charge in [0.2, 0.25) is 11.8 Å². The second-order valence-electron chi connectivity index (χ2n) is 6.04. The van der Waals surface area contributed by atoms with E-state index >= 15 is 0 Å². The zero-order valence-corrected chi connectivity index (χ0v) is 13.3. The van der Waals surface area contributed by atoms with Gasteiger partial charge in [-0.15, -0.1) is 0 Å². The molecule has 0 radical (unpaired) electrons. The van der Waals surface area contributed by atoms with E-state index in [1.165, 1.54) is 0 Å². The van der Waals surface area contributed by atoms with Crippen molar-refractivity contribution < 1.29 is 14.4 Å². The molecule has 0 aromatic heterocycles. The third-order valence-electron chi connectivity index (χ3n) is 4.50. The molecule has 3 rings (SSSR count). The SMILES string of the molecule is O=C1CCC(C(=O)NC2(c3ccc(Cl)cc3)CCC2)NC(=O)N1. The Morgan fingerprint density at radius 3 is 2.52 bits per heavy atom. The van der Waals surface area contributed by atoms with Gasteiger partial charge in [-0.2, -0.15) is 0 Å². The second kappa shape index (κ2) is 6.20. The summed E-state index contributed by atoms with van der Waals surface area (Å²) in [5, 5.41) is 8.42. The highest BCUT2D eigenvalue weighted by Gasteiger charge is 2.41. The third-order valence-corrected chi connectivity index (χ3v) is 4.75. The molecular weight excluding hydrogens is 318 g/mol. The lowest BCUT2D eigenvalue weighted by atomic mass is 9.71. The fourth-order valence-electron chi connectivity index (χ4n) is 3.04. The van der Waals surface area contributed by atoms with Gasteiger partial charge in [0, 0.05) is 11.4 Å². The molecule has 2 aliphatic rings. The predicted octanol–water partition coefficient (Wildman–Crippen LogP) is 1.82. The first-order valence-electron chi connectivity index (χ1n) is 7.67. The fraction of sp³-hybridized carbons (Fsp3) is 0.438. The first kappa shape index (κ1) is 15.8. The Balaban J connectivity index is 1.73. The summed E-state index contributed by atoms with van der Waals surface area (Å²) in [5.41, 5.74) is 0.603. The van der Waals surface area contributed by atoms with Crippen molar-refractivity contribution in [3.8, 4) is 0 Å². The molecule has 23 heavy (non-hydrogen) atoms. The molecule has 1 atom stereocenters. The van der Waals surface area contributed by atoms with Gasteiger partial charge in [0.05, 0.1) is 5.54 Å². The summed E-state index contributed by atoms with van der Waals surface area (Å²) >= 11 is 5.92. The minimum absolute atomic E-state index is 0.144. The lowest BCUT2D eigenvalue weighted by Crippen LogP contribution is -2.57. The molecule has 1 aromatic rings. The van der Waals surface area contributed by atoms with Gasteiger partial charge in [-0.25, -0.2) is 4.79 Å². The smallest absolute Gasteiger partial charge is 0.322 e. The van der Waals surface area contributed by atoms with Gasteiger partial charge in [-0.1, -0.05) is 23.7 Å². The van der Waals surface area contributed by atoms with E-state index in [1.807, 2.05) is 12.1 Å². The van der Waals surface area contributed by atoms with Crippen molar-refractivity contribution in [2.45, 2.75) is 43.7 Å². The Hall–Kier alpha value is -2.08. The fourth-order valence-corrected chi connectivity index (χ4v) is 3.16. The molecule has 122 valence electrons. The van der Waals surface area contributed by atoms with Gasteiger partial charge in [0.15, 0.2) is 0 Å². The first-order valence-corrected chi connectivity index (χ1v) is 8.05. The standard InChI is InChI=1S/C16H18ClN3O3/c17-11-4-2-10(3-5-11)16(8-1-9-16)20-14(22)12-6-7-13(21)19-15(23)18-12/h2-5,12H,1,6-9H2,(H,20,22)(H2,18,19,21,23). The van der Waals surface area contributed by atoms with Gasteiger partial charge in [-0.05, 0) is 43.4 Å². The van der Waals surface area contributed by atoms with Crippen LogP contribution in [-0.4, -0.2) is 23.9 Å². The molecule has 0 bridgehead atoms. The maximum Gasteiger partial charge on any atom is 0.322 e. The number of rotatable bonds is 3. The van der Waals surface area contributed by atoms with E-state index in [-0.39, 0.29) is 18.2 Å². The number of hydrogen-bond donors (Lipinski definition) is 3. The Kier molecular flexibility index (Phi) is 4.26. The number of carbonyl (C=O) groups excluding carboxylic acids is 3. The van der Waals surface area contributed by atoms with Crippen molar-refractivity contribution in [3.63, 3.8) is 0 Å². The van der Waals surface area contributed by atoms with E-state index in [4.69, 9.17) is 11.6 Å².